The summed E-state index contributed by atoms with van der Waals surface area (Å²) >= 11 is 0. The van der Waals surface area contributed by atoms with Crippen molar-refractivity contribution < 1.29 is 35.8 Å². The van der Waals surface area contributed by atoms with Crippen LogP contribution < -0.4 is 4.72 Å². The van der Waals surface area contributed by atoms with Gasteiger partial charge in [0.05, 0.1) is 6.10 Å². The van der Waals surface area contributed by atoms with E-state index < -0.39 is 45.1 Å². The first-order chi connectivity index (χ1) is 11.0. The Balaban J connectivity index is 2.00. The normalized spacial score (nSPS) is 22.3. The molecule has 1 saturated heterocycles. The second-order valence-corrected chi connectivity index (χ2v) is 7.73. The van der Waals surface area contributed by atoms with Gasteiger partial charge in [-0.2, -0.15) is 13.2 Å². The van der Waals surface area contributed by atoms with E-state index in [1.165, 1.54) is 6.92 Å². The molecule has 2 atom stereocenters. The first-order valence-electron chi connectivity index (χ1n) is 7.32. The second kappa shape index (κ2) is 6.98. The Bertz CT molecular complexity index is 651. The average Bonchev–Trinajstić information content (AvgIpc) is 2.94. The SMILES string of the molecule is CC(O)(CNS(=O)(=O)Cc1ncoc1C(F)(F)F)C1CCCCO1. The number of nitrogens with one attached hydrogen (secondary N) is 1. The molecule has 11 heteroatoms. The molecular formula is C13H19F3N2O5S. The van der Waals surface area contributed by atoms with E-state index in [2.05, 4.69) is 14.1 Å². The van der Waals surface area contributed by atoms with Gasteiger partial charge in [0.1, 0.15) is 17.0 Å². The monoisotopic (exact) mass is 372 g/mol. The van der Waals surface area contributed by atoms with E-state index in [-0.39, 0.29) is 6.54 Å². The quantitative estimate of drug-likeness (QED) is 0.783. The van der Waals surface area contributed by atoms with Crippen LogP contribution in [-0.4, -0.2) is 43.4 Å². The lowest BCUT2D eigenvalue weighted by atomic mass is 9.93. The van der Waals surface area contributed by atoms with Crippen LogP contribution in [0.15, 0.2) is 10.8 Å². The summed E-state index contributed by atoms with van der Waals surface area (Å²) in [4.78, 5) is 3.31. The summed E-state index contributed by atoms with van der Waals surface area (Å²) in [6.45, 7) is 1.52. The van der Waals surface area contributed by atoms with E-state index in [4.69, 9.17) is 4.74 Å². The zero-order valence-corrected chi connectivity index (χ0v) is 13.8. The molecule has 2 N–H and O–H groups in total. The molecule has 2 heterocycles. The standard InChI is InChI=1S/C13H19F3N2O5S/c1-12(19,10-4-2-3-5-22-10)7-18-24(20,21)6-9-11(13(14,15)16)23-8-17-9/h8,10,18-19H,2-7H2,1H3. The van der Waals surface area contributed by atoms with Gasteiger partial charge in [0, 0.05) is 13.2 Å². The van der Waals surface area contributed by atoms with Gasteiger partial charge in [-0.1, -0.05) is 0 Å². The molecular weight excluding hydrogens is 353 g/mol. The van der Waals surface area contributed by atoms with Crippen LogP contribution in [0.5, 0.6) is 0 Å². The molecule has 2 unspecified atom stereocenters. The lowest BCUT2D eigenvalue weighted by Gasteiger charge is -2.35. The van der Waals surface area contributed by atoms with Gasteiger partial charge in [-0.15, -0.1) is 0 Å². The highest BCUT2D eigenvalue weighted by atomic mass is 32.2. The van der Waals surface area contributed by atoms with Crippen molar-refractivity contribution in [1.82, 2.24) is 9.71 Å². The molecule has 24 heavy (non-hydrogen) atoms. The predicted molar refractivity (Wildman–Crippen MR) is 76.3 cm³/mol. The highest BCUT2D eigenvalue weighted by Gasteiger charge is 2.40. The smallest absolute Gasteiger partial charge is 0.439 e. The molecule has 1 aromatic heterocycles. The number of oxazole rings is 1. The Hall–Kier alpha value is -1.17. The predicted octanol–water partition coefficient (Wildman–Crippen LogP) is 1.43. The van der Waals surface area contributed by atoms with Gasteiger partial charge in [0.2, 0.25) is 15.8 Å². The summed E-state index contributed by atoms with van der Waals surface area (Å²) in [6.07, 6.45) is -2.53. The molecule has 7 nitrogen and oxygen atoms in total. The number of rotatable bonds is 6. The molecule has 1 aliphatic heterocycles. The van der Waals surface area contributed by atoms with Crippen molar-refractivity contribution in [3.63, 3.8) is 0 Å². The largest absolute Gasteiger partial charge is 0.451 e. The van der Waals surface area contributed by atoms with Crippen LogP contribution in [0.3, 0.4) is 0 Å². The number of alkyl halides is 3. The van der Waals surface area contributed by atoms with E-state index >= 15 is 0 Å². The summed E-state index contributed by atoms with van der Waals surface area (Å²) < 4.78 is 73.7. The number of sulfonamides is 1. The minimum absolute atomic E-state index is 0.376. The van der Waals surface area contributed by atoms with Crippen molar-refractivity contribution in [1.29, 1.82) is 0 Å². The molecule has 0 radical (unpaired) electrons. The van der Waals surface area contributed by atoms with E-state index in [1.54, 1.807) is 0 Å². The van der Waals surface area contributed by atoms with Gasteiger partial charge in [0.25, 0.3) is 0 Å². The zero-order chi connectivity index (χ0) is 18.0. The average molecular weight is 372 g/mol. The van der Waals surface area contributed by atoms with Gasteiger partial charge >= 0.3 is 6.18 Å². The molecule has 0 saturated carbocycles. The van der Waals surface area contributed by atoms with Gasteiger partial charge in [-0.3, -0.25) is 0 Å². The summed E-state index contributed by atoms with van der Waals surface area (Å²) in [6, 6.07) is 0. The van der Waals surface area contributed by atoms with Gasteiger partial charge in [-0.25, -0.2) is 18.1 Å². The van der Waals surface area contributed by atoms with Crippen LogP contribution in [0.4, 0.5) is 13.2 Å². The Morgan fingerprint density at radius 1 is 1.42 bits per heavy atom. The summed E-state index contributed by atoms with van der Waals surface area (Å²) in [5.41, 5.74) is -2.20. The Morgan fingerprint density at radius 3 is 2.71 bits per heavy atom. The number of halogens is 3. The van der Waals surface area contributed by atoms with Crippen LogP contribution >= 0.6 is 0 Å². The van der Waals surface area contributed by atoms with Gasteiger partial charge in [-0.05, 0) is 26.2 Å². The maximum atomic E-state index is 12.7. The maximum absolute atomic E-state index is 12.7. The molecule has 1 fully saturated rings. The fourth-order valence-electron chi connectivity index (χ4n) is 2.43. The fraction of sp³-hybridized carbons (Fsp3) is 0.769. The van der Waals surface area contributed by atoms with Crippen molar-refractivity contribution >= 4 is 10.0 Å². The van der Waals surface area contributed by atoms with Crippen molar-refractivity contribution in [2.75, 3.05) is 13.2 Å². The van der Waals surface area contributed by atoms with Crippen LogP contribution in [-0.2, 0) is 26.7 Å². The summed E-state index contributed by atoms with van der Waals surface area (Å²) in [7, 11) is -4.15. The highest BCUT2D eigenvalue weighted by Crippen LogP contribution is 2.32. The molecule has 2 rings (SSSR count). The number of nitrogens with zero attached hydrogens (tertiary/aromatic N) is 1. The minimum atomic E-state index is -4.83. The van der Waals surface area contributed by atoms with Crippen molar-refractivity contribution in [2.24, 2.45) is 0 Å². The first-order valence-corrected chi connectivity index (χ1v) is 8.97. The van der Waals surface area contributed by atoms with Gasteiger partial charge < -0.3 is 14.3 Å². The van der Waals surface area contributed by atoms with E-state index in [0.717, 1.165) is 12.8 Å². The third-order valence-electron chi connectivity index (χ3n) is 3.75. The molecule has 1 aromatic rings. The van der Waals surface area contributed by atoms with E-state index in [0.29, 0.717) is 19.4 Å². The Kier molecular flexibility index (Phi) is 5.57. The Labute approximate surface area is 137 Å². The van der Waals surface area contributed by atoms with E-state index in [1.807, 2.05) is 0 Å². The third kappa shape index (κ3) is 4.91. The molecule has 1 aliphatic rings. The summed E-state index contributed by atoms with van der Waals surface area (Å²) in [5.74, 6) is -2.45. The maximum Gasteiger partial charge on any atom is 0.451 e. The first kappa shape index (κ1) is 19.2. The van der Waals surface area contributed by atoms with Crippen molar-refractivity contribution in [3.05, 3.63) is 17.8 Å². The molecule has 0 aliphatic carbocycles. The molecule has 0 aromatic carbocycles. The number of hydrogen-bond acceptors (Lipinski definition) is 6. The lowest BCUT2D eigenvalue weighted by Crippen LogP contribution is -2.51. The van der Waals surface area contributed by atoms with Crippen LogP contribution in [0.1, 0.15) is 37.6 Å². The molecule has 0 amide bonds. The summed E-state index contributed by atoms with van der Waals surface area (Å²) in [5, 5.41) is 10.3. The van der Waals surface area contributed by atoms with Crippen LogP contribution in [0.2, 0.25) is 0 Å². The van der Waals surface area contributed by atoms with Crippen LogP contribution in [0, 0.1) is 0 Å². The van der Waals surface area contributed by atoms with E-state index in [9.17, 15) is 26.7 Å². The van der Waals surface area contributed by atoms with Crippen molar-refractivity contribution in [3.8, 4) is 0 Å². The van der Waals surface area contributed by atoms with Crippen molar-refractivity contribution in [2.45, 2.75) is 49.8 Å². The Morgan fingerprint density at radius 2 is 2.12 bits per heavy atom. The lowest BCUT2D eigenvalue weighted by molar-refractivity contribution is -0.153. The third-order valence-corrected chi connectivity index (χ3v) is 4.99. The molecule has 138 valence electrons. The topological polar surface area (TPSA) is 102 Å². The molecule has 0 spiro atoms. The van der Waals surface area contributed by atoms with Gasteiger partial charge in [0.15, 0.2) is 6.39 Å². The highest BCUT2D eigenvalue weighted by molar-refractivity contribution is 7.88. The zero-order valence-electron chi connectivity index (χ0n) is 13.0. The van der Waals surface area contributed by atoms with Crippen LogP contribution in [0.25, 0.3) is 0 Å². The minimum Gasteiger partial charge on any atom is -0.439 e. The number of aromatic nitrogens is 1. The molecule has 0 bridgehead atoms. The second-order valence-electron chi connectivity index (χ2n) is 5.92. The number of ether oxygens (including phenoxy) is 1. The fourth-order valence-corrected chi connectivity index (χ4v) is 3.61. The number of hydrogen-bond donors (Lipinski definition) is 2. The number of aliphatic hydroxyl groups is 1.